The second-order valence-electron chi connectivity index (χ2n) is 10.7. The number of esters is 2. The summed E-state index contributed by atoms with van der Waals surface area (Å²) >= 11 is 0. The van der Waals surface area contributed by atoms with Gasteiger partial charge in [-0.2, -0.15) is 13.2 Å². The first-order valence-electron chi connectivity index (χ1n) is 12.0. The van der Waals surface area contributed by atoms with Gasteiger partial charge in [-0.05, 0) is 81.5 Å². The lowest BCUT2D eigenvalue weighted by Gasteiger charge is -2.28. The molecule has 11 heteroatoms. The summed E-state index contributed by atoms with van der Waals surface area (Å²) in [6.07, 6.45) is -4.98. The molecule has 0 saturated heterocycles. The first-order valence-corrected chi connectivity index (χ1v) is 12.0. The molecule has 4 rings (SSSR count). The van der Waals surface area contributed by atoms with Gasteiger partial charge < -0.3 is 19.9 Å². The molecule has 39 heavy (non-hydrogen) atoms. The molecule has 1 fully saturated rings. The van der Waals surface area contributed by atoms with E-state index < -0.39 is 58.4 Å². The third-order valence-corrected chi connectivity index (χ3v) is 6.40. The summed E-state index contributed by atoms with van der Waals surface area (Å²) in [4.78, 5) is 37.3. The zero-order valence-corrected chi connectivity index (χ0v) is 21.3. The molecular weight excluding hydrogens is 522 g/mol. The number of benzene rings is 2. The van der Waals surface area contributed by atoms with E-state index in [0.717, 1.165) is 0 Å². The minimum absolute atomic E-state index is 0.0153. The molecule has 0 spiro atoms. The fourth-order valence-corrected chi connectivity index (χ4v) is 4.37. The Balaban J connectivity index is 1.68. The molecule has 2 N–H and O–H groups in total. The van der Waals surface area contributed by atoms with Crippen molar-refractivity contribution in [3.63, 3.8) is 0 Å². The lowest BCUT2D eigenvalue weighted by atomic mass is 9.82. The van der Waals surface area contributed by atoms with Gasteiger partial charge in [0.2, 0.25) is 5.60 Å². The van der Waals surface area contributed by atoms with Crippen molar-refractivity contribution in [2.45, 2.75) is 69.4 Å². The van der Waals surface area contributed by atoms with Gasteiger partial charge in [0.05, 0.1) is 11.1 Å². The third kappa shape index (κ3) is 6.23. The number of aliphatic hydroxyl groups is 1. The van der Waals surface area contributed by atoms with Crippen molar-refractivity contribution in [1.82, 2.24) is 0 Å². The van der Waals surface area contributed by atoms with E-state index in [2.05, 4.69) is 17.2 Å². The Labute approximate surface area is 221 Å². The molecule has 1 unspecified atom stereocenters. The number of ether oxygens (including phenoxy) is 2. The van der Waals surface area contributed by atoms with Gasteiger partial charge in [-0.1, -0.05) is 0 Å². The molecule has 2 aliphatic rings. The molecule has 0 aromatic heterocycles. The van der Waals surface area contributed by atoms with Crippen LogP contribution >= 0.6 is 0 Å². The lowest BCUT2D eigenvalue weighted by molar-refractivity contribution is -0.147. The molecule has 2 aromatic carbocycles. The van der Waals surface area contributed by atoms with Crippen molar-refractivity contribution >= 4 is 23.5 Å². The number of rotatable bonds is 5. The van der Waals surface area contributed by atoms with Gasteiger partial charge in [-0.15, -0.1) is 0 Å². The summed E-state index contributed by atoms with van der Waals surface area (Å²) < 4.78 is 64.8. The summed E-state index contributed by atoms with van der Waals surface area (Å²) in [7, 11) is 0. The normalized spacial score (nSPS) is 17.2. The predicted octanol–water partition coefficient (Wildman–Crippen LogP) is 4.65. The van der Waals surface area contributed by atoms with E-state index in [0.29, 0.717) is 29.3 Å². The number of alkyl halides is 3. The first-order chi connectivity index (χ1) is 18.0. The second kappa shape index (κ2) is 9.68. The Morgan fingerprint density at radius 3 is 2.44 bits per heavy atom. The van der Waals surface area contributed by atoms with Crippen LogP contribution in [0.1, 0.15) is 67.1 Å². The third-order valence-electron chi connectivity index (χ3n) is 6.40. The molecule has 7 nitrogen and oxygen atoms in total. The Hall–Kier alpha value is -3.91. The van der Waals surface area contributed by atoms with E-state index in [4.69, 9.17) is 9.47 Å². The summed E-state index contributed by atoms with van der Waals surface area (Å²) in [6, 6.07) is 6.24. The fraction of sp³-hybridized carbons (Fsp3) is 0.393. The quantitative estimate of drug-likeness (QED) is 0.245. The Bertz CT molecular complexity index is 1410. The number of fused-ring (bicyclic) bond motifs is 1. The molecule has 1 amide bonds. The Morgan fingerprint density at radius 2 is 1.82 bits per heavy atom. The van der Waals surface area contributed by atoms with Crippen LogP contribution in [0.5, 0.6) is 0 Å². The molecule has 1 saturated carbocycles. The lowest BCUT2D eigenvalue weighted by Crippen LogP contribution is -2.45. The van der Waals surface area contributed by atoms with Crippen LogP contribution in [-0.4, -0.2) is 34.2 Å². The van der Waals surface area contributed by atoms with Gasteiger partial charge in [0.15, 0.2) is 0 Å². The number of anilines is 1. The Morgan fingerprint density at radius 1 is 1.13 bits per heavy atom. The standard InChI is InChI=1S/C28H25F4NO6/c1-25(2,3)39-22(34)8-9-27(37,24(36)33-18-5-6-19-16(12-18)14-38-23(19)35)15-26(10-11-26)20-13-17(28(30,31)32)4-7-21(20)29/h4-7,12-13,37H,10-11,14-15H2,1-3H3,(H,33,36). The van der Waals surface area contributed by atoms with E-state index in [1.807, 2.05) is 0 Å². The molecule has 1 heterocycles. The predicted molar refractivity (Wildman–Crippen MR) is 130 cm³/mol. The number of carbonyl (C=O) groups excluding carboxylic acids is 3. The van der Waals surface area contributed by atoms with Gasteiger partial charge >= 0.3 is 18.1 Å². The van der Waals surface area contributed by atoms with Crippen LogP contribution in [0, 0.1) is 17.7 Å². The minimum atomic E-state index is -4.73. The van der Waals surface area contributed by atoms with E-state index in [1.165, 1.54) is 18.2 Å². The molecular formula is C28H25F4NO6. The largest absolute Gasteiger partial charge is 0.457 e. The molecule has 0 bridgehead atoms. The van der Waals surface area contributed by atoms with Crippen molar-refractivity contribution in [2.24, 2.45) is 0 Å². The highest BCUT2D eigenvalue weighted by molar-refractivity contribution is 6.02. The number of hydrogen-bond acceptors (Lipinski definition) is 6. The highest BCUT2D eigenvalue weighted by atomic mass is 19.4. The number of hydrogen-bond donors (Lipinski definition) is 2. The van der Waals surface area contributed by atoms with Crippen molar-refractivity contribution in [3.8, 4) is 11.8 Å². The summed E-state index contributed by atoms with van der Waals surface area (Å²) in [5.74, 6) is 0.719. The number of amides is 1. The van der Waals surface area contributed by atoms with Crippen LogP contribution < -0.4 is 5.32 Å². The van der Waals surface area contributed by atoms with Gasteiger partial charge in [0, 0.05) is 29.0 Å². The first kappa shape index (κ1) is 28.1. The molecule has 2 aromatic rings. The smallest absolute Gasteiger partial charge is 0.416 e. The highest BCUT2D eigenvalue weighted by Crippen LogP contribution is 2.55. The van der Waals surface area contributed by atoms with Crippen molar-refractivity contribution in [2.75, 3.05) is 5.32 Å². The number of halogens is 4. The average molecular weight is 548 g/mol. The molecule has 1 aliphatic heterocycles. The van der Waals surface area contributed by atoms with E-state index in [1.54, 1.807) is 20.8 Å². The number of carbonyl (C=O) groups is 3. The maximum Gasteiger partial charge on any atom is 0.416 e. The average Bonchev–Trinajstić information content (AvgIpc) is 3.50. The highest BCUT2D eigenvalue weighted by Gasteiger charge is 2.54. The summed E-state index contributed by atoms with van der Waals surface area (Å²) in [5.41, 5.74) is -5.30. The number of nitrogens with one attached hydrogen (secondary N) is 1. The van der Waals surface area contributed by atoms with Crippen LogP contribution in [0.2, 0.25) is 0 Å². The Kier molecular flexibility index (Phi) is 6.98. The fourth-order valence-electron chi connectivity index (χ4n) is 4.37. The minimum Gasteiger partial charge on any atom is -0.457 e. The topological polar surface area (TPSA) is 102 Å². The van der Waals surface area contributed by atoms with Crippen molar-refractivity contribution in [1.29, 1.82) is 0 Å². The molecule has 1 aliphatic carbocycles. The van der Waals surface area contributed by atoms with Crippen LogP contribution in [-0.2, 0) is 37.3 Å². The van der Waals surface area contributed by atoms with E-state index in [-0.39, 0.29) is 30.7 Å². The van der Waals surface area contributed by atoms with E-state index >= 15 is 0 Å². The summed E-state index contributed by atoms with van der Waals surface area (Å²) in [5, 5.41) is 13.9. The van der Waals surface area contributed by atoms with Crippen molar-refractivity contribution in [3.05, 3.63) is 64.5 Å². The number of cyclic esters (lactones) is 1. The maximum absolute atomic E-state index is 14.8. The van der Waals surface area contributed by atoms with Crippen LogP contribution in [0.15, 0.2) is 36.4 Å². The van der Waals surface area contributed by atoms with Crippen LogP contribution in [0.4, 0.5) is 23.2 Å². The second-order valence-corrected chi connectivity index (χ2v) is 10.7. The van der Waals surface area contributed by atoms with Gasteiger partial charge in [0.1, 0.15) is 18.0 Å². The van der Waals surface area contributed by atoms with Gasteiger partial charge in [-0.25, -0.2) is 14.0 Å². The SMILES string of the molecule is CC(C)(C)OC(=O)C#CC(O)(CC1(c2cc(C(F)(F)F)ccc2F)CC1)C(=O)Nc1ccc2c(c1)COC2=O. The van der Waals surface area contributed by atoms with E-state index in [9.17, 15) is 37.1 Å². The van der Waals surface area contributed by atoms with Crippen LogP contribution in [0.3, 0.4) is 0 Å². The van der Waals surface area contributed by atoms with Crippen molar-refractivity contribution < 1.29 is 46.5 Å². The van der Waals surface area contributed by atoms with Gasteiger partial charge in [0.25, 0.3) is 5.91 Å². The zero-order chi connectivity index (χ0) is 28.8. The molecule has 0 radical (unpaired) electrons. The van der Waals surface area contributed by atoms with Crippen LogP contribution in [0.25, 0.3) is 0 Å². The molecule has 206 valence electrons. The summed E-state index contributed by atoms with van der Waals surface area (Å²) in [6.45, 7) is 4.74. The zero-order valence-electron chi connectivity index (χ0n) is 21.3. The van der Waals surface area contributed by atoms with Gasteiger partial charge in [-0.3, -0.25) is 4.79 Å². The monoisotopic (exact) mass is 547 g/mol. The molecule has 1 atom stereocenters. The maximum atomic E-state index is 14.8.